The molecule has 38 heavy (non-hydrogen) atoms. The second-order valence-corrected chi connectivity index (χ2v) is 15.8. The minimum Gasteiger partial charge on any atom is -0.462 e. The van der Waals surface area contributed by atoms with Crippen LogP contribution in [0, 0.1) is 46.3 Å². The third-order valence-corrected chi connectivity index (χ3v) is 13.7. The molecule has 2 aliphatic heterocycles. The first-order valence-electron chi connectivity index (χ1n) is 14.7. The first-order chi connectivity index (χ1) is 17.6. The van der Waals surface area contributed by atoms with Crippen LogP contribution in [0.3, 0.4) is 0 Å². The summed E-state index contributed by atoms with van der Waals surface area (Å²) in [7, 11) is 0. The molecular formula is C30H44O7S. The Kier molecular flexibility index (Phi) is 6.11. The van der Waals surface area contributed by atoms with E-state index >= 15 is 0 Å². The van der Waals surface area contributed by atoms with Crippen LogP contribution < -0.4 is 0 Å². The number of hydrogen-bond acceptors (Lipinski definition) is 8. The molecule has 6 aliphatic rings. The molecule has 212 valence electrons. The molecule has 0 spiro atoms. The van der Waals surface area contributed by atoms with Crippen LogP contribution in [-0.4, -0.2) is 61.8 Å². The van der Waals surface area contributed by atoms with Gasteiger partial charge in [0, 0.05) is 25.0 Å². The third-order valence-electron chi connectivity index (χ3n) is 12.7. The lowest BCUT2D eigenvalue weighted by molar-refractivity contribution is -0.197. The Morgan fingerprint density at radius 1 is 1.08 bits per heavy atom. The van der Waals surface area contributed by atoms with E-state index in [0.717, 1.165) is 25.7 Å². The number of carbonyl (C=O) groups is 3. The maximum Gasteiger partial charge on any atom is 0.311 e. The molecule has 6 fully saturated rings. The molecular weight excluding hydrogens is 504 g/mol. The van der Waals surface area contributed by atoms with E-state index in [0.29, 0.717) is 31.1 Å². The van der Waals surface area contributed by atoms with Crippen LogP contribution in [0.1, 0.15) is 86.5 Å². The van der Waals surface area contributed by atoms with Gasteiger partial charge in [0.15, 0.2) is 5.12 Å². The largest absolute Gasteiger partial charge is 0.462 e. The molecule has 0 radical (unpaired) electrons. The van der Waals surface area contributed by atoms with E-state index in [4.69, 9.17) is 9.47 Å². The summed E-state index contributed by atoms with van der Waals surface area (Å²) in [5, 5.41) is 22.8. The lowest BCUT2D eigenvalue weighted by Gasteiger charge is -2.61. The van der Waals surface area contributed by atoms with Crippen molar-refractivity contribution in [2.75, 3.05) is 0 Å². The number of carbonyl (C=O) groups excluding carboxylic acids is 3. The van der Waals surface area contributed by atoms with Gasteiger partial charge in [-0.1, -0.05) is 25.6 Å². The van der Waals surface area contributed by atoms with Crippen LogP contribution in [0.5, 0.6) is 0 Å². The van der Waals surface area contributed by atoms with E-state index in [1.807, 2.05) is 6.92 Å². The van der Waals surface area contributed by atoms with Crippen molar-refractivity contribution in [2.24, 2.45) is 46.3 Å². The fourth-order valence-corrected chi connectivity index (χ4v) is 11.3. The zero-order valence-electron chi connectivity index (χ0n) is 23.6. The topological polar surface area (TPSA) is 113 Å². The van der Waals surface area contributed by atoms with Crippen molar-refractivity contribution >= 4 is 28.6 Å². The van der Waals surface area contributed by atoms with Gasteiger partial charge in [-0.25, -0.2) is 0 Å². The molecule has 2 N–H and O–H groups in total. The highest BCUT2D eigenvalue weighted by molar-refractivity contribution is 8.14. The minimum atomic E-state index is -1.22. The fourth-order valence-electron chi connectivity index (χ4n) is 10.3. The molecule has 0 aromatic rings. The summed E-state index contributed by atoms with van der Waals surface area (Å²) in [6, 6.07) is 0. The van der Waals surface area contributed by atoms with E-state index in [1.165, 1.54) is 18.7 Å². The van der Waals surface area contributed by atoms with Crippen molar-refractivity contribution in [1.82, 2.24) is 0 Å². The third kappa shape index (κ3) is 3.54. The first-order valence-corrected chi connectivity index (χ1v) is 15.5. The number of cyclic esters (lactones) is 1. The van der Waals surface area contributed by atoms with E-state index < -0.39 is 22.5 Å². The zero-order valence-corrected chi connectivity index (χ0v) is 24.4. The average Bonchev–Trinajstić information content (AvgIpc) is 3.55. The Morgan fingerprint density at radius 2 is 1.79 bits per heavy atom. The van der Waals surface area contributed by atoms with Gasteiger partial charge in [-0.3, -0.25) is 14.4 Å². The van der Waals surface area contributed by atoms with Gasteiger partial charge in [0.25, 0.3) is 0 Å². The summed E-state index contributed by atoms with van der Waals surface area (Å²) in [5.41, 5.74) is -3.13. The molecule has 14 atom stereocenters. The predicted molar refractivity (Wildman–Crippen MR) is 142 cm³/mol. The molecule has 2 heterocycles. The molecule has 0 aromatic heterocycles. The van der Waals surface area contributed by atoms with Crippen molar-refractivity contribution in [3.8, 4) is 0 Å². The van der Waals surface area contributed by atoms with Crippen LogP contribution >= 0.6 is 11.8 Å². The first kappa shape index (κ1) is 27.2. The molecule has 4 aliphatic carbocycles. The molecule has 4 saturated carbocycles. The molecule has 7 nitrogen and oxygen atoms in total. The number of epoxide rings is 1. The molecule has 6 rings (SSSR count). The van der Waals surface area contributed by atoms with Crippen molar-refractivity contribution in [3.05, 3.63) is 0 Å². The van der Waals surface area contributed by atoms with Gasteiger partial charge in [0.05, 0.1) is 23.0 Å². The molecule has 2 saturated heterocycles. The number of hydrogen-bond donors (Lipinski definition) is 2. The Labute approximate surface area is 230 Å². The SMILES string of the molecule is CC(=O)S[C@H]1CC(=O)[C@]2(C)C3CC[C@@]4(C)C(CC[C@@H]4[C@H](C)[C@H]4C[C@](C)(O)[C@@H](C)C(=O)O4)[C@@H]3[C@@H]3O[C@@H]3[C@@]2(O)C1. The van der Waals surface area contributed by atoms with Gasteiger partial charge < -0.3 is 19.7 Å². The van der Waals surface area contributed by atoms with E-state index in [-0.39, 0.29) is 63.6 Å². The highest BCUT2D eigenvalue weighted by Crippen LogP contribution is 2.72. The van der Waals surface area contributed by atoms with E-state index in [2.05, 4.69) is 13.8 Å². The lowest BCUT2D eigenvalue weighted by atomic mass is 9.42. The Bertz CT molecular complexity index is 1060. The van der Waals surface area contributed by atoms with E-state index in [1.54, 1.807) is 13.8 Å². The maximum atomic E-state index is 13.8. The summed E-state index contributed by atoms with van der Waals surface area (Å²) >= 11 is 1.18. The quantitative estimate of drug-likeness (QED) is 0.403. The zero-order chi connectivity index (χ0) is 27.6. The molecule has 8 heteroatoms. The second kappa shape index (κ2) is 8.53. The summed E-state index contributed by atoms with van der Waals surface area (Å²) < 4.78 is 12.2. The smallest absolute Gasteiger partial charge is 0.311 e. The lowest BCUT2D eigenvalue weighted by Crippen LogP contribution is -2.69. The highest BCUT2D eigenvalue weighted by Gasteiger charge is 2.78. The van der Waals surface area contributed by atoms with Crippen LogP contribution in [0.25, 0.3) is 0 Å². The minimum absolute atomic E-state index is 0.0175. The summed E-state index contributed by atoms with van der Waals surface area (Å²) in [6.07, 6.45) is 4.42. The number of thioether (sulfide) groups is 1. The van der Waals surface area contributed by atoms with Crippen LogP contribution in [0.15, 0.2) is 0 Å². The van der Waals surface area contributed by atoms with Gasteiger partial charge in [0.1, 0.15) is 23.6 Å². The van der Waals surface area contributed by atoms with E-state index in [9.17, 15) is 24.6 Å². The van der Waals surface area contributed by atoms with Crippen LogP contribution in [-0.2, 0) is 23.9 Å². The fraction of sp³-hybridized carbons (Fsp3) is 0.900. The van der Waals surface area contributed by atoms with Gasteiger partial charge in [0.2, 0.25) is 0 Å². The molecule has 0 bridgehead atoms. The van der Waals surface area contributed by atoms with Crippen LogP contribution in [0.2, 0.25) is 0 Å². The average molecular weight is 549 g/mol. The number of ether oxygens (including phenoxy) is 2. The monoisotopic (exact) mass is 548 g/mol. The predicted octanol–water partition coefficient (Wildman–Crippen LogP) is 3.91. The maximum absolute atomic E-state index is 13.8. The number of aliphatic hydroxyl groups is 2. The van der Waals surface area contributed by atoms with Crippen LogP contribution in [0.4, 0.5) is 0 Å². The number of ketones is 1. The Balaban J connectivity index is 1.26. The van der Waals surface area contributed by atoms with Crippen molar-refractivity contribution in [2.45, 2.75) is 121 Å². The number of rotatable bonds is 3. The van der Waals surface area contributed by atoms with Gasteiger partial charge in [-0.15, -0.1) is 0 Å². The summed E-state index contributed by atoms with van der Waals surface area (Å²) in [6.45, 7) is 11.6. The molecule has 2 unspecified atom stereocenters. The number of fused-ring (bicyclic) bond motifs is 8. The van der Waals surface area contributed by atoms with Gasteiger partial charge >= 0.3 is 5.97 Å². The Morgan fingerprint density at radius 3 is 2.45 bits per heavy atom. The molecule has 0 aromatic carbocycles. The van der Waals surface area contributed by atoms with Crippen molar-refractivity contribution in [1.29, 1.82) is 0 Å². The Hall–Kier alpha value is -0.960. The van der Waals surface area contributed by atoms with Gasteiger partial charge in [-0.2, -0.15) is 0 Å². The number of Topliss-reactive ketones (excluding diaryl/α,β-unsaturated/α-hetero) is 1. The van der Waals surface area contributed by atoms with Crippen molar-refractivity contribution < 1.29 is 34.1 Å². The van der Waals surface area contributed by atoms with Crippen molar-refractivity contribution in [3.63, 3.8) is 0 Å². The highest BCUT2D eigenvalue weighted by atomic mass is 32.2. The molecule has 0 amide bonds. The second-order valence-electron chi connectivity index (χ2n) is 14.3. The normalized spacial score (nSPS) is 56.2. The standard InChI is InChI=1S/C30H44O7S/c1-14(21-13-28(5,34)15(2)26(33)36-21)18-7-8-19-23-20(9-10-27(18,19)4)29(6)22(32)11-17(38-16(3)31)12-30(29,35)25-24(23)37-25/h14-15,17-21,23-25,34-35H,7-13H2,1-6H3/t14-,15-,17-,18+,19?,20?,21+,23-,24-,25-,27+,28-,29-,30-/m0/s1. The summed E-state index contributed by atoms with van der Waals surface area (Å²) in [5.74, 6) is 0.379. The summed E-state index contributed by atoms with van der Waals surface area (Å²) in [4.78, 5) is 38.2. The number of esters is 1. The van der Waals surface area contributed by atoms with Gasteiger partial charge in [-0.05, 0) is 87.9 Å².